The summed E-state index contributed by atoms with van der Waals surface area (Å²) in [5.74, 6) is -0.994. The van der Waals surface area contributed by atoms with Crippen molar-refractivity contribution in [3.8, 4) is 0 Å². The molecule has 1 aromatic heterocycles. The highest BCUT2D eigenvalue weighted by Gasteiger charge is 2.24. The van der Waals surface area contributed by atoms with Crippen molar-refractivity contribution < 1.29 is 19.1 Å². The lowest BCUT2D eigenvalue weighted by Gasteiger charge is -2.20. The number of fused-ring (bicyclic) bond motifs is 2. The first-order chi connectivity index (χ1) is 16.9. The molecule has 1 aliphatic carbocycles. The zero-order valence-corrected chi connectivity index (χ0v) is 20.5. The molecule has 1 heterocycles. The average Bonchev–Trinajstić information content (AvgIpc) is 2.87. The Labute approximate surface area is 205 Å². The molecule has 0 spiro atoms. The molecule has 0 saturated heterocycles. The Kier molecular flexibility index (Phi) is 7.44. The summed E-state index contributed by atoms with van der Waals surface area (Å²) in [6.45, 7) is 6.71. The second kappa shape index (κ2) is 10.7. The normalized spacial score (nSPS) is 12.7. The summed E-state index contributed by atoms with van der Waals surface area (Å²) in [5, 5.41) is 3.50. The third-order valence-electron chi connectivity index (χ3n) is 6.42. The lowest BCUT2D eigenvalue weighted by Crippen LogP contribution is -2.30. The number of carbonyl (C=O) groups is 3. The Morgan fingerprint density at radius 2 is 1.71 bits per heavy atom. The van der Waals surface area contributed by atoms with Crippen LogP contribution >= 0.6 is 0 Å². The first kappa shape index (κ1) is 24.4. The number of hydrogen-bond acceptors (Lipinski definition) is 5. The number of ether oxygens (including phenoxy) is 1. The molecule has 0 fully saturated rings. The third kappa shape index (κ3) is 5.34. The van der Waals surface area contributed by atoms with E-state index in [0.29, 0.717) is 29.9 Å². The Balaban J connectivity index is 1.45. The first-order valence-corrected chi connectivity index (χ1v) is 12.2. The van der Waals surface area contributed by atoms with Gasteiger partial charge in [0.15, 0.2) is 6.61 Å². The largest absolute Gasteiger partial charge is 0.452 e. The molecular formula is C28H31N3O4. The number of esters is 1. The quantitative estimate of drug-likeness (QED) is 0.503. The summed E-state index contributed by atoms with van der Waals surface area (Å²) in [4.78, 5) is 44.6. The predicted octanol–water partition coefficient (Wildman–Crippen LogP) is 4.70. The number of nitrogens with one attached hydrogen (secondary N) is 1. The summed E-state index contributed by atoms with van der Waals surface area (Å²) in [6.07, 6.45) is 3.67. The highest BCUT2D eigenvalue weighted by Crippen LogP contribution is 2.30. The first-order valence-electron chi connectivity index (χ1n) is 12.2. The molecule has 0 aliphatic heterocycles. The van der Waals surface area contributed by atoms with Crippen molar-refractivity contribution in [1.29, 1.82) is 0 Å². The molecule has 7 heteroatoms. The van der Waals surface area contributed by atoms with Gasteiger partial charge in [0.25, 0.3) is 11.8 Å². The number of rotatable bonds is 7. The number of nitrogens with zero attached hydrogens (tertiary/aromatic N) is 2. The summed E-state index contributed by atoms with van der Waals surface area (Å²) in [7, 11) is 0. The molecule has 2 amide bonds. The van der Waals surface area contributed by atoms with Gasteiger partial charge < -0.3 is 15.0 Å². The molecule has 7 nitrogen and oxygen atoms in total. The molecule has 1 N–H and O–H groups in total. The molecule has 0 saturated carbocycles. The van der Waals surface area contributed by atoms with Crippen molar-refractivity contribution in [1.82, 2.24) is 9.88 Å². The minimum absolute atomic E-state index is 0.0510. The van der Waals surface area contributed by atoms with Gasteiger partial charge in [-0.05, 0) is 88.4 Å². The van der Waals surface area contributed by atoms with E-state index in [9.17, 15) is 14.4 Å². The maximum atomic E-state index is 13.2. The second-order valence-corrected chi connectivity index (χ2v) is 8.82. The van der Waals surface area contributed by atoms with Crippen molar-refractivity contribution >= 4 is 34.4 Å². The predicted molar refractivity (Wildman–Crippen MR) is 136 cm³/mol. The van der Waals surface area contributed by atoms with E-state index >= 15 is 0 Å². The number of benzene rings is 2. The number of pyridine rings is 1. The monoisotopic (exact) mass is 473 g/mol. The average molecular weight is 474 g/mol. The van der Waals surface area contributed by atoms with Crippen LogP contribution in [0.2, 0.25) is 0 Å². The zero-order valence-electron chi connectivity index (χ0n) is 20.5. The van der Waals surface area contributed by atoms with E-state index in [1.807, 2.05) is 39.0 Å². The molecule has 0 unspecified atom stereocenters. The molecule has 0 bridgehead atoms. The number of carbonyl (C=O) groups excluding carboxylic acids is 3. The van der Waals surface area contributed by atoms with Crippen LogP contribution in [0.15, 0.2) is 42.5 Å². The van der Waals surface area contributed by atoms with E-state index in [1.54, 1.807) is 29.2 Å². The minimum atomic E-state index is -0.503. The molecule has 2 aromatic carbocycles. The second-order valence-electron chi connectivity index (χ2n) is 8.82. The van der Waals surface area contributed by atoms with Gasteiger partial charge in [-0.2, -0.15) is 0 Å². The van der Waals surface area contributed by atoms with Gasteiger partial charge in [0.2, 0.25) is 0 Å². The standard InChI is InChI=1S/C28H31N3O4/c1-4-31(5-2)27(33)19-11-13-20(14-12-19)29-25(32)17-35-28(34)26-21-8-6-7-9-23(21)30-24-15-10-18(3)16-22(24)26/h10-16H,4-9,17H2,1-3H3,(H,29,32). The number of aromatic nitrogens is 1. The van der Waals surface area contributed by atoms with E-state index < -0.39 is 18.5 Å². The Morgan fingerprint density at radius 3 is 2.43 bits per heavy atom. The zero-order chi connectivity index (χ0) is 24.9. The van der Waals surface area contributed by atoms with Crippen molar-refractivity contribution in [2.45, 2.75) is 46.5 Å². The van der Waals surface area contributed by atoms with Crippen molar-refractivity contribution in [2.75, 3.05) is 25.0 Å². The number of anilines is 1. The topological polar surface area (TPSA) is 88.6 Å². The lowest BCUT2D eigenvalue weighted by atomic mass is 9.89. The van der Waals surface area contributed by atoms with Crippen LogP contribution in [0, 0.1) is 6.92 Å². The van der Waals surface area contributed by atoms with Crippen LogP contribution in [0.1, 0.15) is 64.2 Å². The van der Waals surface area contributed by atoms with Crippen LogP contribution in [-0.2, 0) is 22.4 Å². The molecule has 182 valence electrons. The lowest BCUT2D eigenvalue weighted by molar-refractivity contribution is -0.119. The highest BCUT2D eigenvalue weighted by atomic mass is 16.5. The van der Waals surface area contributed by atoms with Crippen molar-refractivity contribution in [3.05, 3.63) is 70.4 Å². The fourth-order valence-corrected chi connectivity index (χ4v) is 4.56. The van der Waals surface area contributed by atoms with E-state index in [0.717, 1.165) is 53.4 Å². The minimum Gasteiger partial charge on any atom is -0.452 e. The Morgan fingerprint density at radius 1 is 1.00 bits per heavy atom. The molecule has 35 heavy (non-hydrogen) atoms. The van der Waals surface area contributed by atoms with Gasteiger partial charge in [-0.25, -0.2) is 4.79 Å². The molecule has 0 radical (unpaired) electrons. The van der Waals surface area contributed by atoms with E-state index in [2.05, 4.69) is 5.32 Å². The summed E-state index contributed by atoms with van der Waals surface area (Å²) in [5.41, 5.74) is 5.31. The number of amides is 2. The summed E-state index contributed by atoms with van der Waals surface area (Å²) >= 11 is 0. The van der Waals surface area contributed by atoms with Gasteiger partial charge in [0, 0.05) is 35.4 Å². The van der Waals surface area contributed by atoms with Gasteiger partial charge in [-0.15, -0.1) is 0 Å². The molecule has 0 atom stereocenters. The molecule has 1 aliphatic rings. The molecule has 3 aromatic rings. The Bertz CT molecular complexity index is 1260. The van der Waals surface area contributed by atoms with Crippen LogP contribution < -0.4 is 5.32 Å². The van der Waals surface area contributed by atoms with Gasteiger partial charge >= 0.3 is 5.97 Å². The third-order valence-corrected chi connectivity index (χ3v) is 6.42. The highest BCUT2D eigenvalue weighted by molar-refractivity contribution is 6.06. The summed E-state index contributed by atoms with van der Waals surface area (Å²) < 4.78 is 5.46. The Hall–Kier alpha value is -3.74. The van der Waals surface area contributed by atoms with Crippen molar-refractivity contribution in [3.63, 3.8) is 0 Å². The molecule has 4 rings (SSSR count). The fourth-order valence-electron chi connectivity index (χ4n) is 4.56. The number of hydrogen-bond donors (Lipinski definition) is 1. The smallest absolute Gasteiger partial charge is 0.339 e. The molecular weight excluding hydrogens is 442 g/mol. The van der Waals surface area contributed by atoms with Crippen LogP contribution in [0.3, 0.4) is 0 Å². The van der Waals surface area contributed by atoms with Gasteiger partial charge in [0.05, 0.1) is 11.1 Å². The van der Waals surface area contributed by atoms with Crippen molar-refractivity contribution in [2.24, 2.45) is 0 Å². The maximum absolute atomic E-state index is 13.2. The van der Waals surface area contributed by atoms with Crippen LogP contribution in [0.4, 0.5) is 5.69 Å². The van der Waals surface area contributed by atoms with Crippen LogP contribution in [0.25, 0.3) is 10.9 Å². The maximum Gasteiger partial charge on any atom is 0.339 e. The van der Waals surface area contributed by atoms with E-state index in [1.165, 1.54) is 0 Å². The van der Waals surface area contributed by atoms with E-state index in [4.69, 9.17) is 9.72 Å². The van der Waals surface area contributed by atoms with E-state index in [-0.39, 0.29) is 5.91 Å². The fraction of sp³-hybridized carbons (Fsp3) is 0.357. The van der Waals surface area contributed by atoms with Crippen LogP contribution in [-0.4, -0.2) is 47.4 Å². The number of aryl methyl sites for hydroxylation is 2. The summed E-state index contributed by atoms with van der Waals surface area (Å²) in [6, 6.07) is 12.6. The van der Waals surface area contributed by atoms with Gasteiger partial charge in [-0.3, -0.25) is 14.6 Å². The van der Waals surface area contributed by atoms with Crippen LogP contribution in [0.5, 0.6) is 0 Å². The van der Waals surface area contributed by atoms with Gasteiger partial charge in [-0.1, -0.05) is 11.6 Å². The SMILES string of the molecule is CCN(CC)C(=O)c1ccc(NC(=O)COC(=O)c2c3c(nc4ccc(C)cc24)CCCC3)cc1. The van der Waals surface area contributed by atoms with Gasteiger partial charge in [0.1, 0.15) is 0 Å².